The predicted octanol–water partition coefficient (Wildman–Crippen LogP) is 4.81. The molecule has 1 aromatic heterocycles. The van der Waals surface area contributed by atoms with E-state index in [1.807, 2.05) is 0 Å². The van der Waals surface area contributed by atoms with E-state index in [2.05, 4.69) is 88.0 Å². The minimum absolute atomic E-state index is 1.05. The maximum atomic E-state index is 4.06. The van der Waals surface area contributed by atoms with Crippen molar-refractivity contribution in [2.24, 2.45) is 7.05 Å². The Balaban J connectivity index is 1.92. The lowest BCUT2D eigenvalue weighted by atomic mass is 10.1. The summed E-state index contributed by atoms with van der Waals surface area (Å²) in [6, 6.07) is 10.8. The standard InChI is InChI=1S/C24H39N3/c1-20(2)19-27(6,7)18-14-9-8-13-17-26-22(4)21(3)25(5)24(26)23-15-11-10-12-16-23/h10-12,15-16H,1,8-9,13-14,17-19H2,2-7H3/q+2. The Morgan fingerprint density at radius 3 is 2.30 bits per heavy atom. The van der Waals surface area contributed by atoms with Crippen molar-refractivity contribution < 1.29 is 9.05 Å². The molecule has 0 radical (unpaired) electrons. The zero-order valence-electron chi connectivity index (χ0n) is 18.4. The van der Waals surface area contributed by atoms with Crippen LogP contribution < -0.4 is 4.57 Å². The summed E-state index contributed by atoms with van der Waals surface area (Å²) < 4.78 is 5.90. The van der Waals surface area contributed by atoms with Gasteiger partial charge < -0.3 is 4.48 Å². The van der Waals surface area contributed by atoms with Gasteiger partial charge in [0.15, 0.2) is 0 Å². The molecular formula is C24H39N3+2. The highest BCUT2D eigenvalue weighted by atomic mass is 15.3. The van der Waals surface area contributed by atoms with Gasteiger partial charge in [0, 0.05) is 13.8 Å². The number of hydrogen-bond donors (Lipinski definition) is 0. The van der Waals surface area contributed by atoms with E-state index in [-0.39, 0.29) is 0 Å². The monoisotopic (exact) mass is 369 g/mol. The molecule has 0 unspecified atom stereocenters. The van der Waals surface area contributed by atoms with E-state index >= 15 is 0 Å². The molecular weight excluding hydrogens is 330 g/mol. The van der Waals surface area contributed by atoms with Crippen LogP contribution in [0.2, 0.25) is 0 Å². The second kappa shape index (κ2) is 9.36. The molecule has 0 bridgehead atoms. The average molecular weight is 370 g/mol. The van der Waals surface area contributed by atoms with Crippen molar-refractivity contribution in [3.05, 3.63) is 53.9 Å². The van der Waals surface area contributed by atoms with Crippen LogP contribution in [0.25, 0.3) is 11.4 Å². The quantitative estimate of drug-likeness (QED) is 0.246. The van der Waals surface area contributed by atoms with Crippen molar-refractivity contribution in [2.45, 2.75) is 53.0 Å². The fourth-order valence-corrected chi connectivity index (χ4v) is 4.12. The number of quaternary nitrogens is 1. The van der Waals surface area contributed by atoms with Crippen molar-refractivity contribution in [3.8, 4) is 11.4 Å². The van der Waals surface area contributed by atoms with Crippen molar-refractivity contribution in [3.63, 3.8) is 0 Å². The minimum atomic E-state index is 1.05. The first-order valence-electron chi connectivity index (χ1n) is 10.3. The maximum absolute atomic E-state index is 4.06. The van der Waals surface area contributed by atoms with E-state index in [1.54, 1.807) is 0 Å². The number of imidazole rings is 1. The average Bonchev–Trinajstić information content (AvgIpc) is 2.81. The van der Waals surface area contributed by atoms with Crippen LogP contribution in [0.3, 0.4) is 0 Å². The van der Waals surface area contributed by atoms with Crippen LogP contribution in [0.5, 0.6) is 0 Å². The summed E-state index contributed by atoms with van der Waals surface area (Å²) in [6.45, 7) is 14.1. The van der Waals surface area contributed by atoms with Gasteiger partial charge in [0.1, 0.15) is 11.4 Å². The van der Waals surface area contributed by atoms with Crippen LogP contribution in [0.4, 0.5) is 0 Å². The first kappa shape index (κ1) is 21.4. The van der Waals surface area contributed by atoms with Gasteiger partial charge in [0.2, 0.25) is 0 Å². The van der Waals surface area contributed by atoms with E-state index in [0.29, 0.717) is 0 Å². The maximum Gasteiger partial charge on any atom is 0.289 e. The molecule has 0 N–H and O–H groups in total. The van der Waals surface area contributed by atoms with Crippen molar-refractivity contribution in [1.29, 1.82) is 0 Å². The fraction of sp³-hybridized carbons (Fsp3) is 0.542. The van der Waals surface area contributed by atoms with Gasteiger partial charge in [-0.15, -0.1) is 0 Å². The minimum Gasteiger partial charge on any atom is -0.325 e. The Morgan fingerprint density at radius 1 is 1.04 bits per heavy atom. The molecule has 0 saturated heterocycles. The molecule has 2 aromatic rings. The van der Waals surface area contributed by atoms with Gasteiger partial charge >= 0.3 is 0 Å². The van der Waals surface area contributed by atoms with E-state index in [4.69, 9.17) is 0 Å². The third kappa shape index (κ3) is 5.80. The zero-order chi connectivity index (χ0) is 20.0. The van der Waals surface area contributed by atoms with Gasteiger partial charge in [-0.3, -0.25) is 0 Å². The van der Waals surface area contributed by atoms with E-state index in [0.717, 1.165) is 17.6 Å². The molecule has 0 spiro atoms. The predicted molar refractivity (Wildman–Crippen MR) is 116 cm³/mol. The summed E-state index contributed by atoms with van der Waals surface area (Å²) in [4.78, 5) is 0. The zero-order valence-corrected chi connectivity index (χ0v) is 18.4. The van der Waals surface area contributed by atoms with Gasteiger partial charge in [0.25, 0.3) is 5.82 Å². The normalized spacial score (nSPS) is 11.8. The van der Waals surface area contributed by atoms with Crippen LogP contribution in [0.15, 0.2) is 42.5 Å². The number of hydrogen-bond acceptors (Lipinski definition) is 0. The van der Waals surface area contributed by atoms with Gasteiger partial charge in [-0.2, -0.15) is 0 Å². The van der Waals surface area contributed by atoms with E-state index in [1.165, 1.54) is 60.6 Å². The van der Waals surface area contributed by atoms with Gasteiger partial charge in [0.05, 0.1) is 46.3 Å². The summed E-state index contributed by atoms with van der Waals surface area (Å²) in [6.07, 6.45) is 5.14. The van der Waals surface area contributed by atoms with E-state index in [9.17, 15) is 0 Å². The molecule has 2 rings (SSSR count). The van der Waals surface area contributed by atoms with Crippen LogP contribution in [0, 0.1) is 13.8 Å². The van der Waals surface area contributed by atoms with Crippen molar-refractivity contribution >= 4 is 0 Å². The number of unbranched alkanes of at least 4 members (excludes halogenated alkanes) is 3. The topological polar surface area (TPSA) is 8.81 Å². The fourth-order valence-electron chi connectivity index (χ4n) is 4.12. The molecule has 148 valence electrons. The van der Waals surface area contributed by atoms with E-state index < -0.39 is 0 Å². The summed E-state index contributed by atoms with van der Waals surface area (Å²) in [5.74, 6) is 1.32. The largest absolute Gasteiger partial charge is 0.325 e. The number of likely N-dealkylation sites (N-methyl/N-ethyl adjacent to an activating group) is 1. The highest BCUT2D eigenvalue weighted by Crippen LogP contribution is 2.21. The molecule has 0 saturated carbocycles. The summed E-state index contributed by atoms with van der Waals surface area (Å²) in [7, 11) is 6.81. The van der Waals surface area contributed by atoms with Gasteiger partial charge in [-0.05, 0) is 50.3 Å². The molecule has 1 aromatic carbocycles. The summed E-state index contributed by atoms with van der Waals surface area (Å²) >= 11 is 0. The van der Waals surface area contributed by atoms with Gasteiger partial charge in [-0.25, -0.2) is 9.13 Å². The third-order valence-electron chi connectivity index (χ3n) is 5.63. The molecule has 1 heterocycles. The van der Waals surface area contributed by atoms with Crippen LogP contribution in [0.1, 0.15) is 44.0 Å². The molecule has 0 fully saturated rings. The number of benzene rings is 1. The Hall–Kier alpha value is -1.87. The lowest BCUT2D eigenvalue weighted by Gasteiger charge is -2.30. The Morgan fingerprint density at radius 2 is 1.67 bits per heavy atom. The van der Waals surface area contributed by atoms with Crippen LogP contribution in [-0.4, -0.2) is 36.2 Å². The van der Waals surface area contributed by atoms with Crippen molar-refractivity contribution in [1.82, 2.24) is 4.57 Å². The molecule has 0 amide bonds. The number of nitrogens with zero attached hydrogens (tertiary/aromatic N) is 3. The second-order valence-corrected chi connectivity index (χ2v) is 8.76. The summed E-state index contributed by atoms with van der Waals surface area (Å²) in [5.41, 5.74) is 5.32. The highest BCUT2D eigenvalue weighted by Gasteiger charge is 2.24. The molecule has 3 nitrogen and oxygen atoms in total. The number of aromatic nitrogens is 2. The Labute approximate surface area is 166 Å². The summed E-state index contributed by atoms with van der Waals surface area (Å²) in [5, 5.41) is 0. The number of rotatable bonds is 10. The van der Waals surface area contributed by atoms with Crippen LogP contribution >= 0.6 is 0 Å². The molecule has 0 atom stereocenters. The van der Waals surface area contributed by atoms with Gasteiger partial charge in [-0.1, -0.05) is 24.8 Å². The third-order valence-corrected chi connectivity index (χ3v) is 5.63. The smallest absolute Gasteiger partial charge is 0.289 e. The molecule has 0 aliphatic heterocycles. The lowest BCUT2D eigenvalue weighted by molar-refractivity contribution is -0.885. The molecule has 0 aliphatic rings. The van der Waals surface area contributed by atoms with Crippen molar-refractivity contribution in [2.75, 3.05) is 27.2 Å². The Bertz CT molecular complexity index is 754. The Kier molecular flexibility index (Phi) is 7.43. The first-order chi connectivity index (χ1) is 12.7. The lowest BCUT2D eigenvalue weighted by Crippen LogP contribution is -2.41. The highest BCUT2D eigenvalue weighted by molar-refractivity contribution is 5.53. The molecule has 27 heavy (non-hydrogen) atoms. The molecule has 0 aliphatic carbocycles. The first-order valence-corrected chi connectivity index (χ1v) is 10.3. The second-order valence-electron chi connectivity index (χ2n) is 8.76. The SMILES string of the molecule is C=C(C)C[N+](C)(C)CCCCCCn1c(C)c(C)[n+](C)c1-c1ccccc1. The van der Waals surface area contributed by atoms with Crippen LogP contribution in [-0.2, 0) is 13.6 Å². The molecule has 3 heteroatoms.